The van der Waals surface area contributed by atoms with Gasteiger partial charge in [-0.2, -0.15) is 5.26 Å². The average Bonchev–Trinajstić information content (AvgIpc) is 2.46. The molecule has 0 saturated heterocycles. The standard InChI is InChI=1S/C14H10ClN3O/c15-12-6-7-17-9-11(12)14(19)18-13(8-16)10-4-2-1-3-5-10/h1-7,9,13H,(H,18,19). The molecule has 2 rings (SSSR count). The molecule has 0 aliphatic carbocycles. The molecular formula is C14H10ClN3O. The Morgan fingerprint density at radius 2 is 2.05 bits per heavy atom. The molecule has 1 aromatic heterocycles. The molecule has 0 fully saturated rings. The van der Waals surface area contributed by atoms with E-state index in [9.17, 15) is 4.79 Å². The summed E-state index contributed by atoms with van der Waals surface area (Å²) < 4.78 is 0. The molecule has 0 spiro atoms. The maximum atomic E-state index is 12.0. The van der Waals surface area contributed by atoms with E-state index in [2.05, 4.69) is 10.3 Å². The molecule has 1 heterocycles. The molecule has 0 aliphatic heterocycles. The van der Waals surface area contributed by atoms with E-state index in [0.29, 0.717) is 5.02 Å². The van der Waals surface area contributed by atoms with Gasteiger partial charge in [0.25, 0.3) is 5.91 Å². The van der Waals surface area contributed by atoms with Crippen LogP contribution in [0, 0.1) is 11.3 Å². The number of rotatable bonds is 3. The molecule has 1 N–H and O–H groups in total. The Hall–Kier alpha value is -2.38. The molecule has 19 heavy (non-hydrogen) atoms. The lowest BCUT2D eigenvalue weighted by Gasteiger charge is -2.12. The van der Waals surface area contributed by atoms with Gasteiger partial charge in [0, 0.05) is 12.4 Å². The van der Waals surface area contributed by atoms with E-state index in [4.69, 9.17) is 16.9 Å². The van der Waals surface area contributed by atoms with Crippen LogP contribution in [0.4, 0.5) is 0 Å². The summed E-state index contributed by atoms with van der Waals surface area (Å²) in [6.45, 7) is 0. The minimum atomic E-state index is -0.718. The van der Waals surface area contributed by atoms with Crippen molar-refractivity contribution in [3.8, 4) is 6.07 Å². The zero-order valence-corrected chi connectivity index (χ0v) is 10.6. The van der Waals surface area contributed by atoms with Gasteiger partial charge in [0.2, 0.25) is 0 Å². The van der Waals surface area contributed by atoms with E-state index >= 15 is 0 Å². The molecule has 0 radical (unpaired) electrons. The largest absolute Gasteiger partial charge is 0.332 e. The van der Waals surface area contributed by atoms with Crippen LogP contribution >= 0.6 is 11.6 Å². The quantitative estimate of drug-likeness (QED) is 0.933. The molecule has 0 bridgehead atoms. The van der Waals surface area contributed by atoms with Crippen LogP contribution in [0.5, 0.6) is 0 Å². The highest BCUT2D eigenvalue weighted by Gasteiger charge is 2.16. The average molecular weight is 272 g/mol. The van der Waals surface area contributed by atoms with Crippen LogP contribution in [0.1, 0.15) is 22.0 Å². The van der Waals surface area contributed by atoms with Gasteiger partial charge in [-0.25, -0.2) is 0 Å². The maximum absolute atomic E-state index is 12.0. The van der Waals surface area contributed by atoms with E-state index in [1.54, 1.807) is 12.1 Å². The van der Waals surface area contributed by atoms with Crippen molar-refractivity contribution in [1.29, 1.82) is 5.26 Å². The van der Waals surface area contributed by atoms with Gasteiger partial charge >= 0.3 is 0 Å². The number of halogens is 1. The number of hydrogen-bond donors (Lipinski definition) is 1. The van der Waals surface area contributed by atoms with Gasteiger partial charge in [-0.1, -0.05) is 41.9 Å². The van der Waals surface area contributed by atoms with Gasteiger partial charge in [0.1, 0.15) is 6.04 Å². The predicted octanol–water partition coefficient (Wildman–Crippen LogP) is 2.73. The SMILES string of the molecule is N#CC(NC(=O)c1cnccc1Cl)c1ccccc1. The molecule has 5 heteroatoms. The first kappa shape index (κ1) is 13.1. The monoisotopic (exact) mass is 271 g/mol. The van der Waals surface area contributed by atoms with Gasteiger partial charge in [-0.15, -0.1) is 0 Å². The lowest BCUT2D eigenvalue weighted by atomic mass is 10.1. The normalized spacial score (nSPS) is 11.4. The molecule has 0 saturated carbocycles. The first-order chi connectivity index (χ1) is 9.22. The van der Waals surface area contributed by atoms with Gasteiger partial charge in [0.15, 0.2) is 0 Å². The Balaban J connectivity index is 2.19. The van der Waals surface area contributed by atoms with Crippen LogP contribution in [-0.2, 0) is 0 Å². The second kappa shape index (κ2) is 5.98. The Kier molecular flexibility index (Phi) is 4.11. The molecule has 0 aliphatic rings. The van der Waals surface area contributed by atoms with E-state index in [-0.39, 0.29) is 5.56 Å². The van der Waals surface area contributed by atoms with Gasteiger partial charge in [-0.05, 0) is 11.6 Å². The maximum Gasteiger partial charge on any atom is 0.255 e. The van der Waals surface area contributed by atoms with Gasteiger partial charge in [-0.3, -0.25) is 9.78 Å². The third kappa shape index (κ3) is 3.09. The number of pyridine rings is 1. The zero-order chi connectivity index (χ0) is 13.7. The molecule has 1 atom stereocenters. The van der Waals surface area contributed by atoms with Crippen LogP contribution in [0.3, 0.4) is 0 Å². The Morgan fingerprint density at radius 3 is 2.68 bits per heavy atom. The summed E-state index contributed by atoms with van der Waals surface area (Å²) in [6.07, 6.45) is 2.87. The van der Waals surface area contributed by atoms with E-state index < -0.39 is 11.9 Å². The third-order valence-corrected chi connectivity index (χ3v) is 2.88. The number of hydrogen-bond acceptors (Lipinski definition) is 3. The van der Waals surface area contributed by atoms with E-state index in [1.165, 1.54) is 18.5 Å². The van der Waals surface area contributed by atoms with Crippen molar-refractivity contribution >= 4 is 17.5 Å². The number of amides is 1. The molecule has 4 nitrogen and oxygen atoms in total. The molecule has 1 unspecified atom stereocenters. The van der Waals surface area contributed by atoms with Gasteiger partial charge in [0.05, 0.1) is 16.7 Å². The van der Waals surface area contributed by atoms with Crippen molar-refractivity contribution in [2.45, 2.75) is 6.04 Å². The summed E-state index contributed by atoms with van der Waals surface area (Å²) in [4.78, 5) is 15.9. The molecular weight excluding hydrogens is 262 g/mol. The molecule has 1 amide bonds. The Labute approximate surface area is 115 Å². The van der Waals surface area contributed by atoms with Crippen molar-refractivity contribution in [3.63, 3.8) is 0 Å². The summed E-state index contributed by atoms with van der Waals surface area (Å²) in [5.74, 6) is -0.423. The third-order valence-electron chi connectivity index (χ3n) is 2.55. The number of carbonyl (C=O) groups excluding carboxylic acids is 1. The minimum Gasteiger partial charge on any atom is -0.332 e. The number of benzene rings is 1. The first-order valence-electron chi connectivity index (χ1n) is 5.57. The number of nitriles is 1. The molecule has 1 aromatic carbocycles. The van der Waals surface area contributed by atoms with E-state index in [1.807, 2.05) is 24.3 Å². The highest BCUT2D eigenvalue weighted by molar-refractivity contribution is 6.33. The number of aromatic nitrogens is 1. The fourth-order valence-corrected chi connectivity index (χ4v) is 1.78. The van der Waals surface area contributed by atoms with Crippen molar-refractivity contribution < 1.29 is 4.79 Å². The summed E-state index contributed by atoms with van der Waals surface area (Å²) >= 11 is 5.91. The van der Waals surface area contributed by atoms with E-state index in [0.717, 1.165) is 5.56 Å². The molecule has 94 valence electrons. The first-order valence-corrected chi connectivity index (χ1v) is 5.95. The summed E-state index contributed by atoms with van der Waals surface area (Å²) in [6, 6.07) is 11.9. The number of nitrogens with zero attached hydrogens (tertiary/aromatic N) is 2. The van der Waals surface area contributed by atoms with Crippen molar-refractivity contribution in [2.24, 2.45) is 0 Å². The number of nitrogens with one attached hydrogen (secondary N) is 1. The Bertz CT molecular complexity index is 622. The second-order valence-electron chi connectivity index (χ2n) is 3.80. The van der Waals surface area contributed by atoms with Crippen LogP contribution < -0.4 is 5.32 Å². The topological polar surface area (TPSA) is 65.8 Å². The van der Waals surface area contributed by atoms with Gasteiger partial charge < -0.3 is 5.32 Å². The number of carbonyl (C=O) groups is 1. The Morgan fingerprint density at radius 1 is 1.32 bits per heavy atom. The lowest BCUT2D eigenvalue weighted by molar-refractivity contribution is 0.0945. The summed E-state index contributed by atoms with van der Waals surface area (Å²) in [5.41, 5.74) is 0.971. The zero-order valence-electron chi connectivity index (χ0n) is 9.88. The lowest BCUT2D eigenvalue weighted by Crippen LogP contribution is -2.27. The second-order valence-corrected chi connectivity index (χ2v) is 4.21. The van der Waals surface area contributed by atoms with Crippen molar-refractivity contribution in [2.75, 3.05) is 0 Å². The van der Waals surface area contributed by atoms with Crippen LogP contribution in [0.2, 0.25) is 5.02 Å². The highest BCUT2D eigenvalue weighted by atomic mass is 35.5. The van der Waals surface area contributed by atoms with Crippen molar-refractivity contribution in [1.82, 2.24) is 10.3 Å². The van der Waals surface area contributed by atoms with Crippen molar-refractivity contribution in [3.05, 3.63) is 64.9 Å². The summed E-state index contributed by atoms with van der Waals surface area (Å²) in [5, 5.41) is 12.0. The highest BCUT2D eigenvalue weighted by Crippen LogP contribution is 2.16. The van der Waals surface area contributed by atoms with Crippen LogP contribution in [0.25, 0.3) is 0 Å². The summed E-state index contributed by atoms with van der Waals surface area (Å²) in [7, 11) is 0. The fraction of sp³-hybridized carbons (Fsp3) is 0.0714. The van der Waals surface area contributed by atoms with Crippen LogP contribution in [-0.4, -0.2) is 10.9 Å². The van der Waals surface area contributed by atoms with Crippen LogP contribution in [0.15, 0.2) is 48.8 Å². The molecule has 2 aromatic rings. The fourth-order valence-electron chi connectivity index (χ4n) is 1.59. The minimum absolute atomic E-state index is 0.250. The predicted molar refractivity (Wildman–Crippen MR) is 71.5 cm³/mol. The smallest absolute Gasteiger partial charge is 0.255 e.